The van der Waals surface area contributed by atoms with Gasteiger partial charge in [-0.1, -0.05) is 41.1 Å². The summed E-state index contributed by atoms with van der Waals surface area (Å²) in [5.41, 5.74) is 2.58. The predicted octanol–water partition coefficient (Wildman–Crippen LogP) is 5.67. The maximum atomic E-state index is 3.73. The molecule has 0 spiro atoms. The van der Waals surface area contributed by atoms with Gasteiger partial charge in [0, 0.05) is 9.35 Å². The fourth-order valence-electron chi connectivity index (χ4n) is 2.03. The molecule has 0 saturated heterocycles. The molecule has 1 unspecified atom stereocenters. The SMILES string of the molecule is CCCNC(c1ccc(Br)s1)c1cccc(C)c1Br. The molecule has 2 rings (SSSR count). The van der Waals surface area contributed by atoms with Crippen molar-refractivity contribution in [2.24, 2.45) is 0 Å². The lowest BCUT2D eigenvalue weighted by Gasteiger charge is -2.20. The van der Waals surface area contributed by atoms with Gasteiger partial charge in [-0.05, 0) is 59.1 Å². The zero-order valence-electron chi connectivity index (χ0n) is 11.0. The Labute approximate surface area is 135 Å². The largest absolute Gasteiger partial charge is 0.306 e. The van der Waals surface area contributed by atoms with Crippen LogP contribution >= 0.6 is 43.2 Å². The van der Waals surface area contributed by atoms with Crippen molar-refractivity contribution in [2.45, 2.75) is 26.3 Å². The van der Waals surface area contributed by atoms with Crippen LogP contribution in [0.2, 0.25) is 0 Å². The van der Waals surface area contributed by atoms with Gasteiger partial charge in [0.25, 0.3) is 0 Å². The molecule has 4 heteroatoms. The number of thiophene rings is 1. The molecule has 0 saturated carbocycles. The maximum absolute atomic E-state index is 3.73. The van der Waals surface area contributed by atoms with Crippen LogP contribution in [-0.2, 0) is 0 Å². The third kappa shape index (κ3) is 3.69. The average molecular weight is 403 g/mol. The van der Waals surface area contributed by atoms with E-state index in [4.69, 9.17) is 0 Å². The molecular formula is C15H17Br2NS. The standard InChI is InChI=1S/C15H17Br2NS/c1-3-9-18-15(12-7-8-13(16)19-12)11-6-4-5-10(2)14(11)17/h4-8,15,18H,3,9H2,1-2H3. The molecular weight excluding hydrogens is 386 g/mol. The van der Waals surface area contributed by atoms with Crippen molar-refractivity contribution >= 4 is 43.2 Å². The van der Waals surface area contributed by atoms with E-state index in [0.29, 0.717) is 0 Å². The van der Waals surface area contributed by atoms with Crippen molar-refractivity contribution < 1.29 is 0 Å². The molecule has 1 nitrogen and oxygen atoms in total. The van der Waals surface area contributed by atoms with E-state index in [1.54, 1.807) is 11.3 Å². The number of rotatable bonds is 5. The minimum atomic E-state index is 0.255. The normalized spacial score (nSPS) is 12.6. The minimum absolute atomic E-state index is 0.255. The molecule has 1 aromatic heterocycles. The highest BCUT2D eigenvalue weighted by molar-refractivity contribution is 9.11. The summed E-state index contributed by atoms with van der Waals surface area (Å²) in [7, 11) is 0. The molecule has 0 amide bonds. The van der Waals surface area contributed by atoms with E-state index < -0.39 is 0 Å². The Kier molecular flexibility index (Phi) is 5.63. The van der Waals surface area contributed by atoms with Gasteiger partial charge in [-0.15, -0.1) is 11.3 Å². The summed E-state index contributed by atoms with van der Waals surface area (Å²) in [5, 5.41) is 3.64. The highest BCUT2D eigenvalue weighted by Crippen LogP contribution is 2.35. The summed E-state index contributed by atoms with van der Waals surface area (Å²) in [6.07, 6.45) is 1.13. The van der Waals surface area contributed by atoms with Gasteiger partial charge in [0.15, 0.2) is 0 Å². The molecule has 0 bridgehead atoms. The van der Waals surface area contributed by atoms with Crippen molar-refractivity contribution in [3.05, 3.63) is 54.6 Å². The molecule has 1 atom stereocenters. The number of aryl methyl sites for hydroxylation is 1. The van der Waals surface area contributed by atoms with Gasteiger partial charge in [-0.2, -0.15) is 0 Å². The van der Waals surface area contributed by atoms with Crippen molar-refractivity contribution in [2.75, 3.05) is 6.54 Å². The first-order chi connectivity index (χ1) is 9.13. The Morgan fingerprint density at radius 3 is 2.63 bits per heavy atom. The Morgan fingerprint density at radius 2 is 2.00 bits per heavy atom. The van der Waals surface area contributed by atoms with E-state index >= 15 is 0 Å². The highest BCUT2D eigenvalue weighted by Gasteiger charge is 2.18. The Balaban J connectivity index is 2.39. The van der Waals surface area contributed by atoms with E-state index in [0.717, 1.165) is 13.0 Å². The van der Waals surface area contributed by atoms with Crippen molar-refractivity contribution in [3.8, 4) is 0 Å². The number of benzene rings is 1. The molecule has 1 heterocycles. The first-order valence-electron chi connectivity index (χ1n) is 6.37. The van der Waals surface area contributed by atoms with Crippen LogP contribution in [0.15, 0.2) is 38.6 Å². The van der Waals surface area contributed by atoms with Crippen molar-refractivity contribution in [3.63, 3.8) is 0 Å². The lowest BCUT2D eigenvalue weighted by atomic mass is 10.0. The van der Waals surface area contributed by atoms with E-state index in [2.05, 4.69) is 81.4 Å². The molecule has 0 radical (unpaired) electrons. The van der Waals surface area contributed by atoms with Gasteiger partial charge >= 0.3 is 0 Å². The topological polar surface area (TPSA) is 12.0 Å². The summed E-state index contributed by atoms with van der Waals surface area (Å²) < 4.78 is 2.38. The summed E-state index contributed by atoms with van der Waals surface area (Å²) in [4.78, 5) is 1.34. The van der Waals surface area contributed by atoms with E-state index in [1.165, 1.54) is 24.3 Å². The van der Waals surface area contributed by atoms with Gasteiger partial charge in [0.1, 0.15) is 0 Å². The monoisotopic (exact) mass is 401 g/mol. The van der Waals surface area contributed by atoms with E-state index in [1.807, 2.05) is 0 Å². The summed E-state index contributed by atoms with van der Waals surface area (Å²) >= 11 is 9.07. The average Bonchev–Trinajstić information content (AvgIpc) is 2.81. The Hall–Kier alpha value is -0.160. The van der Waals surface area contributed by atoms with E-state index in [-0.39, 0.29) is 6.04 Å². The van der Waals surface area contributed by atoms with Gasteiger partial charge in [-0.3, -0.25) is 0 Å². The number of hydrogen-bond donors (Lipinski definition) is 1. The second-order valence-corrected chi connectivity index (χ2v) is 7.79. The second kappa shape index (κ2) is 7.02. The van der Waals surface area contributed by atoms with Gasteiger partial charge in [0.2, 0.25) is 0 Å². The number of halogens is 2. The van der Waals surface area contributed by atoms with Crippen molar-refractivity contribution in [1.29, 1.82) is 0 Å². The predicted molar refractivity (Wildman–Crippen MR) is 91.0 cm³/mol. The quantitative estimate of drug-likeness (QED) is 0.679. The van der Waals surface area contributed by atoms with Crippen LogP contribution in [0.5, 0.6) is 0 Å². The lowest BCUT2D eigenvalue weighted by molar-refractivity contribution is 0.604. The molecule has 19 heavy (non-hydrogen) atoms. The van der Waals surface area contributed by atoms with Crippen LogP contribution < -0.4 is 5.32 Å². The molecule has 102 valence electrons. The molecule has 0 aliphatic carbocycles. The highest BCUT2D eigenvalue weighted by atomic mass is 79.9. The first-order valence-corrected chi connectivity index (χ1v) is 8.77. The third-order valence-electron chi connectivity index (χ3n) is 3.01. The van der Waals surface area contributed by atoms with Crippen LogP contribution in [-0.4, -0.2) is 6.54 Å². The van der Waals surface area contributed by atoms with Crippen LogP contribution in [0.4, 0.5) is 0 Å². The lowest BCUT2D eigenvalue weighted by Crippen LogP contribution is -2.22. The maximum Gasteiger partial charge on any atom is 0.0702 e. The molecule has 0 fully saturated rings. The molecule has 0 aliphatic rings. The summed E-state index contributed by atoms with van der Waals surface area (Å²) in [6, 6.07) is 11.0. The molecule has 1 aromatic carbocycles. The van der Waals surface area contributed by atoms with Crippen LogP contribution in [0.25, 0.3) is 0 Å². The van der Waals surface area contributed by atoms with Crippen LogP contribution in [0.3, 0.4) is 0 Å². The second-order valence-electron chi connectivity index (χ2n) is 4.51. The third-order valence-corrected chi connectivity index (χ3v) is 5.78. The molecule has 1 N–H and O–H groups in total. The van der Waals surface area contributed by atoms with Gasteiger partial charge in [0.05, 0.1) is 9.83 Å². The van der Waals surface area contributed by atoms with E-state index in [9.17, 15) is 0 Å². The smallest absolute Gasteiger partial charge is 0.0702 e. The Bertz CT molecular complexity index is 551. The van der Waals surface area contributed by atoms with Gasteiger partial charge < -0.3 is 5.32 Å². The first kappa shape index (κ1) is 15.2. The number of hydrogen-bond acceptors (Lipinski definition) is 2. The molecule has 2 aromatic rings. The van der Waals surface area contributed by atoms with Crippen LogP contribution in [0.1, 0.15) is 35.4 Å². The Morgan fingerprint density at radius 1 is 1.21 bits per heavy atom. The summed E-state index contributed by atoms with van der Waals surface area (Å²) in [6.45, 7) is 5.34. The minimum Gasteiger partial charge on any atom is -0.306 e. The van der Waals surface area contributed by atoms with Crippen LogP contribution in [0, 0.1) is 6.92 Å². The zero-order chi connectivity index (χ0) is 13.8. The molecule has 0 aliphatic heterocycles. The fraction of sp³-hybridized carbons (Fsp3) is 0.333. The zero-order valence-corrected chi connectivity index (χ0v) is 15.0. The van der Waals surface area contributed by atoms with Crippen molar-refractivity contribution in [1.82, 2.24) is 5.32 Å². The number of nitrogens with one attached hydrogen (secondary N) is 1. The fourth-order valence-corrected chi connectivity index (χ4v) is 4.04. The summed E-state index contributed by atoms with van der Waals surface area (Å²) in [5.74, 6) is 0. The van der Waals surface area contributed by atoms with Gasteiger partial charge in [-0.25, -0.2) is 0 Å².